The minimum Gasteiger partial charge on any atom is -0.506 e. The van der Waals surface area contributed by atoms with Crippen molar-refractivity contribution in [3.63, 3.8) is 0 Å². The molecule has 0 bridgehead atoms. The van der Waals surface area contributed by atoms with E-state index in [1.807, 2.05) is 58.2 Å². The lowest BCUT2D eigenvalue weighted by Crippen LogP contribution is -2.32. The maximum absolute atomic E-state index is 12.9. The first-order chi connectivity index (χ1) is 15.7. The van der Waals surface area contributed by atoms with Crippen molar-refractivity contribution in [3.8, 4) is 5.75 Å². The summed E-state index contributed by atoms with van der Waals surface area (Å²) < 4.78 is 29.8. The van der Waals surface area contributed by atoms with Crippen molar-refractivity contribution in [2.24, 2.45) is 5.10 Å². The number of hydrogen-bond acceptors (Lipinski definition) is 5. The highest BCUT2D eigenvalue weighted by Gasteiger charge is 2.23. The summed E-state index contributed by atoms with van der Waals surface area (Å²) in [7, 11) is -3.84. The van der Waals surface area contributed by atoms with Crippen LogP contribution in [0.25, 0.3) is 0 Å². The largest absolute Gasteiger partial charge is 0.506 e. The number of hydrogen-bond donors (Lipinski definition) is 3. The average molecular weight is 689 g/mol. The number of nitrogens with one attached hydrogen (secondary N) is 2. The summed E-state index contributed by atoms with van der Waals surface area (Å²) in [6.45, 7) is 1.88. The Morgan fingerprint density at radius 2 is 1.67 bits per heavy atom. The van der Waals surface area contributed by atoms with E-state index in [0.29, 0.717) is 18.3 Å². The second kappa shape index (κ2) is 11.4. The molecule has 0 heterocycles. The molecular weight excluding hydrogens is 668 g/mol. The molecule has 10 heteroatoms. The molecule has 3 rings (SSSR count). The van der Waals surface area contributed by atoms with E-state index in [1.54, 1.807) is 48.5 Å². The zero-order valence-electron chi connectivity index (χ0n) is 17.5. The summed E-state index contributed by atoms with van der Waals surface area (Å²) in [6.07, 6.45) is 1.33. The first-order valence-electron chi connectivity index (χ1n) is 9.79. The first-order valence-corrected chi connectivity index (χ1v) is 13.4. The number of nitrogens with zero attached hydrogens (tertiary/aromatic N) is 1. The molecule has 3 aromatic rings. The summed E-state index contributed by atoms with van der Waals surface area (Å²) in [5.74, 6) is -0.251. The van der Waals surface area contributed by atoms with Gasteiger partial charge in [-0.05, 0) is 87.5 Å². The predicted molar refractivity (Wildman–Crippen MR) is 145 cm³/mol. The van der Waals surface area contributed by atoms with Gasteiger partial charge in [0.1, 0.15) is 5.75 Å². The Hall–Kier alpha value is -2.03. The Bertz CT molecular complexity index is 1240. The third-order valence-corrected chi connectivity index (χ3v) is 7.79. The normalized spacial score (nSPS) is 12.6. The smallest absolute Gasteiger partial charge is 0.242 e. The van der Waals surface area contributed by atoms with Crippen LogP contribution < -0.4 is 10.1 Å². The van der Waals surface area contributed by atoms with Gasteiger partial charge in [0.25, 0.3) is 0 Å². The Morgan fingerprint density at radius 3 is 2.27 bits per heavy atom. The van der Waals surface area contributed by atoms with E-state index in [2.05, 4.69) is 15.2 Å². The maximum atomic E-state index is 12.9. The topological polar surface area (TPSA) is 108 Å². The Morgan fingerprint density at radius 1 is 1.06 bits per heavy atom. The first kappa shape index (κ1) is 25.6. The minimum absolute atomic E-state index is 0.129. The highest BCUT2D eigenvalue weighted by Crippen LogP contribution is 2.26. The fourth-order valence-corrected chi connectivity index (χ4v) is 6.00. The molecule has 0 radical (unpaired) electrons. The van der Waals surface area contributed by atoms with Crippen LogP contribution >= 0.6 is 45.2 Å². The molecule has 0 unspecified atom stereocenters. The lowest BCUT2D eigenvalue weighted by atomic mass is 10.0. The summed E-state index contributed by atoms with van der Waals surface area (Å²) >= 11 is 4.03. The zero-order chi connectivity index (χ0) is 24.0. The number of halogens is 2. The molecule has 0 aliphatic carbocycles. The van der Waals surface area contributed by atoms with Gasteiger partial charge in [-0.15, -0.1) is 0 Å². The number of phenols is 1. The van der Waals surface area contributed by atoms with Crippen molar-refractivity contribution in [1.82, 2.24) is 10.1 Å². The molecule has 0 fully saturated rings. The standard InChI is InChI=1S/C23H21I2N3O4S/c1-15-7-9-18(10-8-15)33(31,32)28-21(17-5-3-2-4-6-17)13-22(29)27-26-14-16-11-19(24)23(30)20(25)12-16/h2-12,14,21,28,30H,13H2,1H3,(H,27,29)/b26-14-/t21-/m0/s1. The van der Waals surface area contributed by atoms with E-state index in [4.69, 9.17) is 0 Å². The van der Waals surface area contributed by atoms with Crippen LogP contribution in [-0.4, -0.2) is 25.6 Å². The van der Waals surface area contributed by atoms with E-state index in [9.17, 15) is 18.3 Å². The molecule has 33 heavy (non-hydrogen) atoms. The molecule has 7 nitrogen and oxygen atoms in total. The van der Waals surface area contributed by atoms with Gasteiger partial charge in [0.2, 0.25) is 15.9 Å². The summed E-state index contributed by atoms with van der Waals surface area (Å²) in [6, 6.07) is 18.1. The molecule has 0 aliphatic heterocycles. The zero-order valence-corrected chi connectivity index (χ0v) is 22.6. The van der Waals surface area contributed by atoms with E-state index >= 15 is 0 Å². The van der Waals surface area contributed by atoms with Crippen molar-refractivity contribution in [3.05, 3.63) is 90.6 Å². The number of aromatic hydroxyl groups is 1. The van der Waals surface area contributed by atoms with Crippen LogP contribution in [0.2, 0.25) is 0 Å². The molecule has 0 spiro atoms. The Labute approximate surface area is 220 Å². The van der Waals surface area contributed by atoms with Crippen LogP contribution in [0.15, 0.2) is 76.7 Å². The molecule has 1 amide bonds. The number of amides is 1. The number of carbonyl (C=O) groups excluding carboxylic acids is 1. The van der Waals surface area contributed by atoms with Gasteiger partial charge in [-0.1, -0.05) is 48.0 Å². The van der Waals surface area contributed by atoms with Crippen LogP contribution in [0.3, 0.4) is 0 Å². The van der Waals surface area contributed by atoms with Crippen LogP contribution in [0.1, 0.15) is 29.2 Å². The van der Waals surface area contributed by atoms with E-state index in [0.717, 1.165) is 5.56 Å². The van der Waals surface area contributed by atoms with Gasteiger partial charge >= 0.3 is 0 Å². The summed E-state index contributed by atoms with van der Waals surface area (Å²) in [4.78, 5) is 12.7. The highest BCUT2D eigenvalue weighted by molar-refractivity contribution is 14.1. The maximum Gasteiger partial charge on any atom is 0.242 e. The second-order valence-corrected chi connectivity index (χ2v) is 11.3. The summed E-state index contributed by atoms with van der Waals surface area (Å²) in [5, 5.41) is 13.8. The SMILES string of the molecule is Cc1ccc(S(=O)(=O)N[C@@H](CC(=O)N/N=C\c2cc(I)c(O)c(I)c2)c2ccccc2)cc1. The van der Waals surface area contributed by atoms with E-state index in [1.165, 1.54) is 18.3 Å². The molecule has 0 aliphatic rings. The number of phenolic OH excluding ortho intramolecular Hbond substituents is 1. The second-order valence-electron chi connectivity index (χ2n) is 7.23. The quantitative estimate of drug-likeness (QED) is 0.185. The molecule has 0 saturated carbocycles. The van der Waals surface area contributed by atoms with Crippen molar-refractivity contribution >= 4 is 67.3 Å². The Kier molecular flexibility index (Phi) is 8.84. The number of rotatable bonds is 8. The molecule has 3 aromatic carbocycles. The van der Waals surface area contributed by atoms with Gasteiger partial charge in [-0.2, -0.15) is 5.10 Å². The number of benzene rings is 3. The fourth-order valence-electron chi connectivity index (χ4n) is 2.96. The lowest BCUT2D eigenvalue weighted by molar-refractivity contribution is -0.121. The van der Waals surface area contributed by atoms with Crippen LogP contribution in [0.4, 0.5) is 0 Å². The number of hydrazone groups is 1. The molecule has 172 valence electrons. The summed E-state index contributed by atoms with van der Waals surface area (Å²) in [5.41, 5.74) is 4.77. The van der Waals surface area contributed by atoms with Crippen LogP contribution in [-0.2, 0) is 14.8 Å². The van der Waals surface area contributed by atoms with Gasteiger partial charge in [0.05, 0.1) is 24.3 Å². The lowest BCUT2D eigenvalue weighted by Gasteiger charge is -2.18. The monoisotopic (exact) mass is 689 g/mol. The Balaban J connectivity index is 1.74. The van der Waals surface area contributed by atoms with Crippen LogP contribution in [0, 0.1) is 14.1 Å². The third kappa shape index (κ3) is 7.22. The van der Waals surface area contributed by atoms with Gasteiger partial charge in [-0.3, -0.25) is 4.79 Å². The van der Waals surface area contributed by atoms with Gasteiger partial charge in [0.15, 0.2) is 0 Å². The molecule has 0 aromatic heterocycles. The van der Waals surface area contributed by atoms with Crippen molar-refractivity contribution in [2.75, 3.05) is 0 Å². The van der Waals surface area contributed by atoms with Crippen LogP contribution in [0.5, 0.6) is 5.75 Å². The van der Waals surface area contributed by atoms with Gasteiger partial charge in [-0.25, -0.2) is 18.6 Å². The molecule has 0 saturated heterocycles. The fraction of sp³-hybridized carbons (Fsp3) is 0.130. The number of aryl methyl sites for hydroxylation is 1. The van der Waals surface area contributed by atoms with Crippen molar-refractivity contribution < 1.29 is 18.3 Å². The molecular formula is C23H21I2N3O4S. The minimum atomic E-state index is -3.84. The van der Waals surface area contributed by atoms with E-state index < -0.39 is 22.0 Å². The third-order valence-electron chi connectivity index (χ3n) is 4.66. The van der Waals surface area contributed by atoms with Gasteiger partial charge < -0.3 is 5.11 Å². The van der Waals surface area contributed by atoms with Crippen molar-refractivity contribution in [2.45, 2.75) is 24.3 Å². The predicted octanol–water partition coefficient (Wildman–Crippen LogP) is 4.47. The number of carbonyl (C=O) groups is 1. The van der Waals surface area contributed by atoms with Gasteiger partial charge in [0, 0.05) is 6.42 Å². The number of sulfonamides is 1. The van der Waals surface area contributed by atoms with Crippen molar-refractivity contribution in [1.29, 1.82) is 0 Å². The molecule has 3 N–H and O–H groups in total. The van der Waals surface area contributed by atoms with E-state index in [-0.39, 0.29) is 17.1 Å². The average Bonchev–Trinajstić information content (AvgIpc) is 2.77. The molecule has 1 atom stereocenters. The highest BCUT2D eigenvalue weighted by atomic mass is 127.